The summed E-state index contributed by atoms with van der Waals surface area (Å²) >= 11 is 0. The summed E-state index contributed by atoms with van der Waals surface area (Å²) in [5.74, 6) is -1.52. The quantitative estimate of drug-likeness (QED) is 0.836. The minimum absolute atomic E-state index is 0.152. The molecule has 0 radical (unpaired) electrons. The van der Waals surface area contributed by atoms with Crippen molar-refractivity contribution >= 4 is 11.9 Å². The molecule has 0 aliphatic carbocycles. The fraction of sp³-hybridized carbons (Fsp3) is 0.385. The van der Waals surface area contributed by atoms with Crippen LogP contribution in [0, 0.1) is 12.8 Å². The maximum absolute atomic E-state index is 11.8. The molecule has 4 nitrogen and oxygen atoms in total. The van der Waals surface area contributed by atoms with Crippen molar-refractivity contribution in [3.05, 3.63) is 35.4 Å². The number of benzene rings is 1. The summed E-state index contributed by atoms with van der Waals surface area (Å²) in [6.45, 7) is 5.40. The molecule has 0 heterocycles. The lowest BCUT2D eigenvalue weighted by Gasteiger charge is -2.17. The largest absolute Gasteiger partial charge is 0.480 e. The molecule has 2 N–H and O–H groups in total. The van der Waals surface area contributed by atoms with Crippen LogP contribution in [0.4, 0.5) is 0 Å². The molecule has 0 aliphatic rings. The first-order chi connectivity index (χ1) is 7.91. The number of nitrogens with one attached hydrogen (secondary N) is 1. The highest BCUT2D eigenvalue weighted by atomic mass is 16.4. The van der Waals surface area contributed by atoms with E-state index in [9.17, 15) is 9.59 Å². The number of aryl methyl sites for hydroxylation is 1. The molecule has 0 fully saturated rings. The molecule has 0 saturated heterocycles. The van der Waals surface area contributed by atoms with Crippen LogP contribution in [-0.4, -0.2) is 23.0 Å². The predicted octanol–water partition coefficient (Wildman–Crippen LogP) is 1.83. The molecule has 92 valence electrons. The van der Waals surface area contributed by atoms with Gasteiger partial charge in [0, 0.05) is 5.56 Å². The maximum Gasteiger partial charge on any atom is 0.326 e. The Morgan fingerprint density at radius 3 is 2.41 bits per heavy atom. The van der Waals surface area contributed by atoms with Gasteiger partial charge in [-0.05, 0) is 25.0 Å². The van der Waals surface area contributed by atoms with E-state index in [4.69, 9.17) is 5.11 Å². The van der Waals surface area contributed by atoms with Crippen molar-refractivity contribution < 1.29 is 14.7 Å². The minimum atomic E-state index is -1.01. The van der Waals surface area contributed by atoms with E-state index in [2.05, 4.69) is 5.32 Å². The van der Waals surface area contributed by atoms with E-state index in [0.717, 1.165) is 5.56 Å². The summed E-state index contributed by atoms with van der Waals surface area (Å²) in [6, 6.07) is 6.20. The topological polar surface area (TPSA) is 66.4 Å². The van der Waals surface area contributed by atoms with E-state index in [1.165, 1.54) is 0 Å². The highest BCUT2D eigenvalue weighted by Gasteiger charge is 2.23. The molecule has 0 bridgehead atoms. The van der Waals surface area contributed by atoms with Crippen molar-refractivity contribution in [2.75, 3.05) is 0 Å². The van der Waals surface area contributed by atoms with Crippen molar-refractivity contribution in [1.82, 2.24) is 5.32 Å². The molecule has 1 rings (SSSR count). The van der Waals surface area contributed by atoms with Gasteiger partial charge in [-0.25, -0.2) is 4.79 Å². The molecule has 0 saturated carbocycles. The van der Waals surface area contributed by atoms with Gasteiger partial charge in [0.05, 0.1) is 0 Å². The third-order valence-electron chi connectivity index (χ3n) is 2.50. The first kappa shape index (κ1) is 13.2. The summed E-state index contributed by atoms with van der Waals surface area (Å²) in [7, 11) is 0. The minimum Gasteiger partial charge on any atom is -0.480 e. The lowest BCUT2D eigenvalue weighted by Crippen LogP contribution is -2.44. The summed E-state index contributed by atoms with van der Waals surface area (Å²) in [5.41, 5.74) is 1.45. The number of carbonyl (C=O) groups excluding carboxylic acids is 1. The zero-order chi connectivity index (χ0) is 13.0. The Bertz CT molecular complexity index is 426. The molecule has 1 aromatic carbocycles. The maximum atomic E-state index is 11.8. The Morgan fingerprint density at radius 1 is 1.29 bits per heavy atom. The van der Waals surface area contributed by atoms with Crippen molar-refractivity contribution in [2.24, 2.45) is 5.92 Å². The number of carboxylic acids is 1. The van der Waals surface area contributed by atoms with Crippen LogP contribution in [0.3, 0.4) is 0 Å². The van der Waals surface area contributed by atoms with E-state index in [-0.39, 0.29) is 11.8 Å². The van der Waals surface area contributed by atoms with Gasteiger partial charge in [0.25, 0.3) is 5.91 Å². The lowest BCUT2D eigenvalue weighted by atomic mass is 10.0. The fourth-order valence-electron chi connectivity index (χ4n) is 1.52. The Kier molecular flexibility index (Phi) is 4.26. The van der Waals surface area contributed by atoms with Gasteiger partial charge in [-0.1, -0.05) is 31.5 Å². The average molecular weight is 235 g/mol. The molecule has 1 amide bonds. The lowest BCUT2D eigenvalue weighted by molar-refractivity contribution is -0.140. The second-order valence-electron chi connectivity index (χ2n) is 4.40. The third-order valence-corrected chi connectivity index (χ3v) is 2.50. The monoisotopic (exact) mass is 235 g/mol. The third kappa shape index (κ3) is 3.59. The highest BCUT2D eigenvalue weighted by Crippen LogP contribution is 2.07. The number of aliphatic carboxylic acids is 1. The van der Waals surface area contributed by atoms with E-state index in [0.29, 0.717) is 5.56 Å². The van der Waals surface area contributed by atoms with Crippen molar-refractivity contribution in [3.63, 3.8) is 0 Å². The standard InChI is InChI=1S/C13H17NO3/c1-8(2)11(13(16)17)14-12(15)10-6-4-5-9(3)7-10/h4-8,11H,1-3H3,(H,14,15)(H,16,17)/t11-/m1/s1. The van der Waals surface area contributed by atoms with Gasteiger partial charge in [0.2, 0.25) is 0 Å². The van der Waals surface area contributed by atoms with Crippen LogP contribution in [0.2, 0.25) is 0 Å². The molecule has 0 unspecified atom stereocenters. The van der Waals surface area contributed by atoms with E-state index < -0.39 is 12.0 Å². The summed E-state index contributed by atoms with van der Waals surface area (Å²) < 4.78 is 0. The first-order valence-electron chi connectivity index (χ1n) is 5.52. The van der Waals surface area contributed by atoms with E-state index >= 15 is 0 Å². The van der Waals surface area contributed by atoms with Crippen LogP contribution >= 0.6 is 0 Å². The molecule has 1 aromatic rings. The second-order valence-corrected chi connectivity index (χ2v) is 4.40. The fourth-order valence-corrected chi connectivity index (χ4v) is 1.52. The van der Waals surface area contributed by atoms with Crippen molar-refractivity contribution in [1.29, 1.82) is 0 Å². The second kappa shape index (κ2) is 5.48. The molecule has 0 aromatic heterocycles. The van der Waals surface area contributed by atoms with Crippen LogP contribution in [0.1, 0.15) is 29.8 Å². The van der Waals surface area contributed by atoms with Crippen LogP contribution in [0.5, 0.6) is 0 Å². The zero-order valence-electron chi connectivity index (χ0n) is 10.2. The average Bonchev–Trinajstić information content (AvgIpc) is 2.24. The zero-order valence-corrected chi connectivity index (χ0v) is 10.2. The normalized spacial score (nSPS) is 12.2. The molecule has 1 atom stereocenters. The van der Waals surface area contributed by atoms with Crippen LogP contribution < -0.4 is 5.32 Å². The van der Waals surface area contributed by atoms with Crippen LogP contribution in [-0.2, 0) is 4.79 Å². The SMILES string of the molecule is Cc1cccc(C(=O)N[C@@H](C(=O)O)C(C)C)c1. The van der Waals surface area contributed by atoms with Crippen molar-refractivity contribution in [3.8, 4) is 0 Å². The molecule has 4 heteroatoms. The first-order valence-corrected chi connectivity index (χ1v) is 5.52. The number of hydrogen-bond acceptors (Lipinski definition) is 2. The molecule has 0 spiro atoms. The Labute approximate surface area is 101 Å². The number of carboxylic acid groups (broad SMARTS) is 1. The van der Waals surface area contributed by atoms with Gasteiger partial charge >= 0.3 is 5.97 Å². The summed E-state index contributed by atoms with van der Waals surface area (Å²) in [5, 5.41) is 11.5. The number of hydrogen-bond donors (Lipinski definition) is 2. The summed E-state index contributed by atoms with van der Waals surface area (Å²) in [4.78, 5) is 22.8. The molecular formula is C13H17NO3. The van der Waals surface area contributed by atoms with Crippen LogP contribution in [0.15, 0.2) is 24.3 Å². The Morgan fingerprint density at radius 2 is 1.94 bits per heavy atom. The van der Waals surface area contributed by atoms with E-state index in [1.807, 2.05) is 13.0 Å². The van der Waals surface area contributed by atoms with Gasteiger partial charge in [-0.2, -0.15) is 0 Å². The Balaban J connectivity index is 2.81. The highest BCUT2D eigenvalue weighted by molar-refractivity contribution is 5.96. The predicted molar refractivity (Wildman–Crippen MR) is 64.9 cm³/mol. The number of carbonyl (C=O) groups is 2. The molecule has 17 heavy (non-hydrogen) atoms. The summed E-state index contributed by atoms with van der Waals surface area (Å²) in [6.07, 6.45) is 0. The van der Waals surface area contributed by atoms with Crippen molar-refractivity contribution in [2.45, 2.75) is 26.8 Å². The number of rotatable bonds is 4. The van der Waals surface area contributed by atoms with Gasteiger partial charge in [0.15, 0.2) is 0 Å². The smallest absolute Gasteiger partial charge is 0.326 e. The van der Waals surface area contributed by atoms with Gasteiger partial charge < -0.3 is 10.4 Å². The van der Waals surface area contributed by atoms with Gasteiger partial charge in [0.1, 0.15) is 6.04 Å². The Hall–Kier alpha value is -1.84. The van der Waals surface area contributed by atoms with Crippen LogP contribution in [0.25, 0.3) is 0 Å². The number of amides is 1. The molecule has 0 aliphatic heterocycles. The molecular weight excluding hydrogens is 218 g/mol. The van der Waals surface area contributed by atoms with Gasteiger partial charge in [-0.3, -0.25) is 4.79 Å². The van der Waals surface area contributed by atoms with E-state index in [1.54, 1.807) is 32.0 Å². The van der Waals surface area contributed by atoms with Gasteiger partial charge in [-0.15, -0.1) is 0 Å².